The Hall–Kier alpha value is -2.25. The van der Waals surface area contributed by atoms with Crippen LogP contribution in [0.25, 0.3) is 5.95 Å². The first-order chi connectivity index (χ1) is 9.72. The van der Waals surface area contributed by atoms with Gasteiger partial charge in [-0.3, -0.25) is 0 Å². The molecule has 8 nitrogen and oxygen atoms in total. The van der Waals surface area contributed by atoms with E-state index < -0.39 is 0 Å². The van der Waals surface area contributed by atoms with Gasteiger partial charge in [0.05, 0.1) is 6.61 Å². The van der Waals surface area contributed by atoms with Crippen LogP contribution in [0.2, 0.25) is 0 Å². The Labute approximate surface area is 117 Å². The monoisotopic (exact) mass is 277 g/mol. The van der Waals surface area contributed by atoms with Gasteiger partial charge in [0.15, 0.2) is 0 Å². The first-order valence-electron chi connectivity index (χ1n) is 6.64. The highest BCUT2D eigenvalue weighted by molar-refractivity contribution is 5.28. The molecule has 0 radical (unpaired) electrons. The van der Waals surface area contributed by atoms with Crippen LogP contribution in [0.4, 0.5) is 5.95 Å². The van der Waals surface area contributed by atoms with Crippen molar-refractivity contribution in [1.29, 1.82) is 0 Å². The minimum atomic E-state index is 0.290. The highest BCUT2D eigenvalue weighted by Gasteiger charge is 2.10. The first kappa shape index (κ1) is 14.2. The molecule has 8 heteroatoms. The van der Waals surface area contributed by atoms with Crippen LogP contribution >= 0.6 is 0 Å². The molecule has 2 aromatic heterocycles. The van der Waals surface area contributed by atoms with Gasteiger partial charge in [0.25, 0.3) is 5.95 Å². The average molecular weight is 277 g/mol. The Morgan fingerprint density at radius 3 is 2.85 bits per heavy atom. The van der Waals surface area contributed by atoms with Gasteiger partial charge in [-0.2, -0.15) is 24.7 Å². The number of hydrogen-bond acceptors (Lipinski definition) is 7. The predicted molar refractivity (Wildman–Crippen MR) is 73.9 cm³/mol. The van der Waals surface area contributed by atoms with Crippen LogP contribution in [-0.4, -0.2) is 43.4 Å². The van der Waals surface area contributed by atoms with E-state index >= 15 is 0 Å². The molecule has 2 aromatic rings. The molecule has 108 valence electrons. The molecule has 0 aromatic carbocycles. The van der Waals surface area contributed by atoms with Gasteiger partial charge in [-0.15, -0.1) is 0 Å². The third-order valence-corrected chi connectivity index (χ3v) is 2.73. The van der Waals surface area contributed by atoms with E-state index in [1.807, 2.05) is 0 Å². The Bertz CT molecular complexity index is 529. The van der Waals surface area contributed by atoms with Crippen molar-refractivity contribution >= 4 is 5.95 Å². The molecule has 0 saturated heterocycles. The van der Waals surface area contributed by atoms with Crippen molar-refractivity contribution in [2.45, 2.75) is 26.7 Å². The fourth-order valence-corrected chi connectivity index (χ4v) is 1.73. The van der Waals surface area contributed by atoms with Gasteiger partial charge in [-0.05, 0) is 12.3 Å². The van der Waals surface area contributed by atoms with Crippen molar-refractivity contribution in [1.82, 2.24) is 29.7 Å². The summed E-state index contributed by atoms with van der Waals surface area (Å²) in [6.45, 7) is 4.88. The molecular formula is C12H19N7O. The molecule has 0 fully saturated rings. The topological polar surface area (TPSA) is 90.6 Å². The minimum Gasteiger partial charge on any atom is -0.463 e. The van der Waals surface area contributed by atoms with E-state index in [2.05, 4.69) is 44.2 Å². The van der Waals surface area contributed by atoms with Gasteiger partial charge in [0.2, 0.25) is 5.95 Å². The van der Waals surface area contributed by atoms with Crippen LogP contribution in [-0.2, 0) is 0 Å². The number of nitrogens with zero attached hydrogens (tertiary/aromatic N) is 6. The number of hydrogen-bond donors (Lipinski definition) is 1. The zero-order valence-electron chi connectivity index (χ0n) is 11.9. The van der Waals surface area contributed by atoms with Crippen LogP contribution in [0, 0.1) is 5.92 Å². The van der Waals surface area contributed by atoms with E-state index in [1.165, 1.54) is 17.3 Å². The molecular weight excluding hydrogens is 258 g/mol. The van der Waals surface area contributed by atoms with E-state index in [9.17, 15) is 0 Å². The molecule has 0 bridgehead atoms. The third kappa shape index (κ3) is 3.62. The molecule has 0 aliphatic heterocycles. The van der Waals surface area contributed by atoms with Crippen molar-refractivity contribution < 1.29 is 4.74 Å². The molecule has 0 spiro atoms. The molecule has 1 atom stereocenters. The Morgan fingerprint density at radius 1 is 1.35 bits per heavy atom. The lowest BCUT2D eigenvalue weighted by Gasteiger charge is -2.11. The van der Waals surface area contributed by atoms with Gasteiger partial charge in [-0.25, -0.2) is 4.98 Å². The van der Waals surface area contributed by atoms with E-state index in [-0.39, 0.29) is 6.01 Å². The predicted octanol–water partition coefficient (Wildman–Crippen LogP) is 1.31. The lowest BCUT2D eigenvalue weighted by Crippen LogP contribution is -2.13. The Balaban J connectivity index is 2.14. The SMILES string of the molecule is CCCC(C)COc1nc(NC)nc(-n2cncn2)n1. The van der Waals surface area contributed by atoms with E-state index in [4.69, 9.17) is 4.74 Å². The van der Waals surface area contributed by atoms with Crippen LogP contribution in [0.5, 0.6) is 6.01 Å². The number of ether oxygens (including phenoxy) is 1. The fourth-order valence-electron chi connectivity index (χ4n) is 1.73. The molecule has 0 saturated carbocycles. The zero-order chi connectivity index (χ0) is 14.4. The number of rotatable bonds is 7. The fraction of sp³-hybridized carbons (Fsp3) is 0.583. The van der Waals surface area contributed by atoms with E-state index in [0.29, 0.717) is 24.4 Å². The Kier molecular flexibility index (Phi) is 4.80. The van der Waals surface area contributed by atoms with Gasteiger partial charge >= 0.3 is 6.01 Å². The summed E-state index contributed by atoms with van der Waals surface area (Å²) >= 11 is 0. The zero-order valence-corrected chi connectivity index (χ0v) is 11.9. The number of nitrogens with one attached hydrogen (secondary N) is 1. The molecule has 20 heavy (non-hydrogen) atoms. The second kappa shape index (κ2) is 6.78. The van der Waals surface area contributed by atoms with Crippen LogP contribution < -0.4 is 10.1 Å². The lowest BCUT2D eigenvalue weighted by atomic mass is 10.1. The molecule has 0 aliphatic rings. The van der Waals surface area contributed by atoms with Gasteiger partial charge < -0.3 is 10.1 Å². The van der Waals surface area contributed by atoms with E-state index in [0.717, 1.165) is 12.8 Å². The molecule has 2 rings (SSSR count). The molecule has 0 aliphatic carbocycles. The summed E-state index contributed by atoms with van der Waals surface area (Å²) in [7, 11) is 1.74. The van der Waals surface area contributed by atoms with Gasteiger partial charge in [0.1, 0.15) is 12.7 Å². The molecule has 1 N–H and O–H groups in total. The number of aromatic nitrogens is 6. The molecule has 2 heterocycles. The number of anilines is 1. The summed E-state index contributed by atoms with van der Waals surface area (Å²) in [5, 5.41) is 6.88. The van der Waals surface area contributed by atoms with Crippen LogP contribution in [0.3, 0.4) is 0 Å². The third-order valence-electron chi connectivity index (χ3n) is 2.73. The van der Waals surface area contributed by atoms with Crippen molar-refractivity contribution in [3.8, 4) is 12.0 Å². The van der Waals surface area contributed by atoms with Crippen molar-refractivity contribution in [3.63, 3.8) is 0 Å². The van der Waals surface area contributed by atoms with Crippen molar-refractivity contribution in [2.24, 2.45) is 5.92 Å². The van der Waals surface area contributed by atoms with Gasteiger partial charge in [0, 0.05) is 7.05 Å². The van der Waals surface area contributed by atoms with Crippen molar-refractivity contribution in [3.05, 3.63) is 12.7 Å². The largest absolute Gasteiger partial charge is 0.463 e. The normalized spacial score (nSPS) is 12.2. The van der Waals surface area contributed by atoms with Gasteiger partial charge in [-0.1, -0.05) is 20.3 Å². The van der Waals surface area contributed by atoms with Crippen LogP contribution in [0.15, 0.2) is 12.7 Å². The quantitative estimate of drug-likeness (QED) is 0.815. The maximum absolute atomic E-state index is 5.64. The summed E-state index contributed by atoms with van der Waals surface area (Å²) in [6, 6.07) is 0.290. The lowest BCUT2D eigenvalue weighted by molar-refractivity contribution is 0.233. The summed E-state index contributed by atoms with van der Waals surface area (Å²) in [5.74, 6) is 1.27. The first-order valence-corrected chi connectivity index (χ1v) is 6.64. The summed E-state index contributed by atoms with van der Waals surface area (Å²) in [5.41, 5.74) is 0. The summed E-state index contributed by atoms with van der Waals surface area (Å²) < 4.78 is 7.10. The maximum Gasteiger partial charge on any atom is 0.323 e. The highest BCUT2D eigenvalue weighted by atomic mass is 16.5. The smallest absolute Gasteiger partial charge is 0.323 e. The van der Waals surface area contributed by atoms with Crippen LogP contribution in [0.1, 0.15) is 26.7 Å². The molecule has 1 unspecified atom stereocenters. The average Bonchev–Trinajstić information content (AvgIpc) is 2.99. The second-order valence-electron chi connectivity index (χ2n) is 4.54. The standard InChI is InChI=1S/C12H19N7O/c1-4-5-9(2)6-20-12-17-10(13-3)16-11(18-12)19-8-14-7-15-19/h7-9H,4-6H2,1-3H3,(H,13,16,17,18). The Morgan fingerprint density at radius 2 is 2.20 bits per heavy atom. The summed E-state index contributed by atoms with van der Waals surface area (Å²) in [4.78, 5) is 16.5. The molecule has 0 amide bonds. The van der Waals surface area contributed by atoms with E-state index in [1.54, 1.807) is 7.05 Å². The summed E-state index contributed by atoms with van der Waals surface area (Å²) in [6.07, 6.45) is 5.19. The second-order valence-corrected chi connectivity index (χ2v) is 4.54. The highest BCUT2D eigenvalue weighted by Crippen LogP contribution is 2.12. The minimum absolute atomic E-state index is 0.290. The van der Waals surface area contributed by atoms with Crippen molar-refractivity contribution in [2.75, 3.05) is 19.0 Å². The maximum atomic E-state index is 5.64.